The van der Waals surface area contributed by atoms with Crippen molar-refractivity contribution >= 4 is 6.08 Å². The molecule has 2 heteroatoms. The maximum absolute atomic E-state index is 4.42. The van der Waals surface area contributed by atoms with E-state index in [1.54, 1.807) is 6.08 Å². The number of nitrogens with zero attached hydrogens (tertiary/aromatic N) is 2. The summed E-state index contributed by atoms with van der Waals surface area (Å²) in [6, 6.07) is 10.6. The molecule has 1 aliphatic carbocycles. The van der Waals surface area contributed by atoms with E-state index in [4.69, 9.17) is 0 Å². The van der Waals surface area contributed by atoms with Crippen LogP contribution in [-0.4, -0.2) is 22.4 Å². The van der Waals surface area contributed by atoms with Gasteiger partial charge in [-0.05, 0) is 105 Å². The molecule has 0 spiro atoms. The van der Waals surface area contributed by atoms with Crippen LogP contribution >= 0.6 is 0 Å². The molecule has 0 saturated heterocycles. The van der Waals surface area contributed by atoms with Gasteiger partial charge in [-0.1, -0.05) is 185 Å². The van der Waals surface area contributed by atoms with Crippen LogP contribution in [0.2, 0.25) is 0 Å². The third-order valence-corrected chi connectivity index (χ3v) is 8.86. The molecule has 1 unspecified atom stereocenters. The van der Waals surface area contributed by atoms with E-state index in [0.717, 1.165) is 36.2 Å². The Kier molecular flexibility index (Phi) is 22.8. The zero-order valence-electron chi connectivity index (χ0n) is 34.3. The zero-order chi connectivity index (χ0) is 40.1. The lowest BCUT2D eigenvalue weighted by Gasteiger charge is -2.26. The quantitative estimate of drug-likeness (QED) is 0.110. The molecule has 0 aliphatic heterocycles. The first-order chi connectivity index (χ1) is 26.7. The number of hydrogen-bond acceptors (Lipinski definition) is 2. The van der Waals surface area contributed by atoms with Crippen molar-refractivity contribution in [1.29, 1.82) is 0 Å². The Hall–Kier alpha value is -5.86. The van der Waals surface area contributed by atoms with E-state index < -0.39 is 0 Å². The average Bonchev–Trinajstić information content (AvgIpc) is 3.20. The second-order valence-electron chi connectivity index (χ2n) is 13.0. The van der Waals surface area contributed by atoms with Crippen molar-refractivity contribution in [2.75, 3.05) is 6.54 Å². The van der Waals surface area contributed by atoms with Gasteiger partial charge in [0.05, 0.1) is 0 Å². The molecule has 0 radical (unpaired) electrons. The van der Waals surface area contributed by atoms with Crippen molar-refractivity contribution in [3.8, 4) is 0 Å². The molecule has 1 aliphatic rings. The Morgan fingerprint density at radius 2 is 1.55 bits per heavy atom. The molecule has 2 rings (SSSR count). The molecule has 286 valence electrons. The fraction of sp³-hybridized carbons (Fsp3) is 0.208. The van der Waals surface area contributed by atoms with Crippen molar-refractivity contribution in [2.24, 2.45) is 0 Å². The van der Waals surface area contributed by atoms with Gasteiger partial charge in [-0.15, -0.1) is 0 Å². The Morgan fingerprint density at radius 3 is 2.24 bits per heavy atom. The molecule has 0 heterocycles. The summed E-state index contributed by atoms with van der Waals surface area (Å²) in [4.78, 5) is 4.42. The summed E-state index contributed by atoms with van der Waals surface area (Å²) < 4.78 is 0. The lowest BCUT2D eigenvalue weighted by Crippen LogP contribution is -2.24. The topological polar surface area (TPSA) is 6.48 Å². The van der Waals surface area contributed by atoms with Crippen molar-refractivity contribution in [3.63, 3.8) is 0 Å². The lowest BCUT2D eigenvalue weighted by molar-refractivity contribution is 0.417. The van der Waals surface area contributed by atoms with Crippen LogP contribution in [0.5, 0.6) is 0 Å². The molecule has 0 aromatic heterocycles. The zero-order valence-corrected chi connectivity index (χ0v) is 34.3. The predicted molar refractivity (Wildman–Crippen MR) is 247 cm³/mol. The maximum Gasteiger partial charge on any atom is 0.0487 e. The van der Waals surface area contributed by atoms with Gasteiger partial charge < -0.3 is 9.80 Å². The molecule has 1 aromatic carbocycles. The molecule has 1 atom stereocenters. The van der Waals surface area contributed by atoms with E-state index in [9.17, 15) is 0 Å². The SMILES string of the molecule is C=C/C=C\C=C\N(C/C=C\C=C1\C=CC=CC1)C(=C)/C=C\C(=C)/C(=C/C=C(C)/C(=C/C=C(\C)N(/C=C/C=C\c1ccccc1)C(C)/C=C\C=C/C)CC)CC. The minimum absolute atomic E-state index is 0.183. The van der Waals surface area contributed by atoms with Crippen molar-refractivity contribution in [3.05, 3.63) is 247 Å². The summed E-state index contributed by atoms with van der Waals surface area (Å²) in [5, 5.41) is 0. The molecule has 0 amide bonds. The maximum atomic E-state index is 4.42. The monoisotopic (exact) mass is 729 g/mol. The highest BCUT2D eigenvalue weighted by Crippen LogP contribution is 2.20. The molecule has 1 aromatic rings. The molecular weight excluding hydrogens is 665 g/mol. The summed E-state index contributed by atoms with van der Waals surface area (Å²) in [6.07, 6.45) is 57.3. The van der Waals surface area contributed by atoms with Gasteiger partial charge in [0.1, 0.15) is 0 Å². The van der Waals surface area contributed by atoms with Gasteiger partial charge >= 0.3 is 0 Å². The van der Waals surface area contributed by atoms with Crippen LogP contribution in [0.3, 0.4) is 0 Å². The number of rotatable bonds is 22. The minimum atomic E-state index is 0.183. The van der Waals surface area contributed by atoms with Gasteiger partial charge in [-0.2, -0.15) is 0 Å². The van der Waals surface area contributed by atoms with E-state index >= 15 is 0 Å². The van der Waals surface area contributed by atoms with Gasteiger partial charge in [-0.3, -0.25) is 0 Å². The van der Waals surface area contributed by atoms with E-state index in [2.05, 4.69) is 204 Å². The second kappa shape index (κ2) is 27.7. The summed E-state index contributed by atoms with van der Waals surface area (Å²) in [5.41, 5.74) is 9.20. The molecular formula is C53H64N2. The summed E-state index contributed by atoms with van der Waals surface area (Å²) in [6.45, 7) is 26.2. The molecule has 55 heavy (non-hydrogen) atoms. The van der Waals surface area contributed by atoms with Crippen molar-refractivity contribution in [2.45, 2.75) is 66.8 Å². The third-order valence-electron chi connectivity index (χ3n) is 8.86. The van der Waals surface area contributed by atoms with Gasteiger partial charge in [0.15, 0.2) is 0 Å². The highest BCUT2D eigenvalue weighted by molar-refractivity contribution is 5.50. The van der Waals surface area contributed by atoms with Crippen LogP contribution < -0.4 is 0 Å². The normalized spacial score (nSPS) is 16.2. The van der Waals surface area contributed by atoms with Crippen LogP contribution in [0.4, 0.5) is 0 Å². The summed E-state index contributed by atoms with van der Waals surface area (Å²) >= 11 is 0. The standard InChI is InChI=1S/C53H64N2/c1-10-14-16-26-42-54(43-27-24-34-50-30-20-17-21-31-50)47(7)38-36-45(5)52(12-3)40-37-46(6)53(13-4)41-39-49(9)55(48(8)29-19-15-11-2)44-28-25-35-51-32-22-18-23-33-51/h10-11,14-30,32-42,44,48H,1,5,7,12-13,31,43H2,2-4,6,8-9H3/b15-11-,16-14-,27-24-,29-19-,35-25-,38-36-,42-26+,44-28+,46-37+,49-39+,50-34-,52-40+,53-41+. The van der Waals surface area contributed by atoms with Crippen LogP contribution in [0.1, 0.15) is 66.4 Å². The largest absolute Gasteiger partial charge is 0.345 e. The highest BCUT2D eigenvalue weighted by Gasteiger charge is 2.08. The molecule has 0 fully saturated rings. The predicted octanol–water partition coefficient (Wildman–Crippen LogP) is 14.7. The van der Waals surface area contributed by atoms with Crippen molar-refractivity contribution in [1.82, 2.24) is 9.80 Å². The minimum Gasteiger partial charge on any atom is -0.345 e. The molecule has 0 saturated carbocycles. The lowest BCUT2D eigenvalue weighted by atomic mass is 10.00. The Morgan fingerprint density at radius 1 is 0.800 bits per heavy atom. The van der Waals surface area contributed by atoms with Crippen LogP contribution in [0, 0.1) is 0 Å². The van der Waals surface area contributed by atoms with E-state index in [0.29, 0.717) is 6.54 Å². The summed E-state index contributed by atoms with van der Waals surface area (Å²) in [7, 11) is 0. The Bertz CT molecular complexity index is 1840. The van der Waals surface area contributed by atoms with Crippen LogP contribution in [0.25, 0.3) is 6.08 Å². The fourth-order valence-electron chi connectivity index (χ4n) is 5.49. The van der Waals surface area contributed by atoms with E-state index in [-0.39, 0.29) is 6.04 Å². The van der Waals surface area contributed by atoms with Crippen molar-refractivity contribution < 1.29 is 0 Å². The number of allylic oxidation sites excluding steroid dienone is 27. The average molecular weight is 729 g/mol. The van der Waals surface area contributed by atoms with Crippen LogP contribution in [-0.2, 0) is 0 Å². The number of benzene rings is 1. The third kappa shape index (κ3) is 18.6. The smallest absolute Gasteiger partial charge is 0.0487 e. The van der Waals surface area contributed by atoms with Gasteiger partial charge in [-0.25, -0.2) is 0 Å². The molecule has 0 N–H and O–H groups in total. The Balaban J connectivity index is 2.24. The summed E-state index contributed by atoms with van der Waals surface area (Å²) in [5.74, 6) is 0. The van der Waals surface area contributed by atoms with Crippen LogP contribution in [0.15, 0.2) is 241 Å². The first kappa shape index (κ1) is 45.3. The fourth-order valence-corrected chi connectivity index (χ4v) is 5.49. The molecule has 2 nitrogen and oxygen atoms in total. The first-order valence-electron chi connectivity index (χ1n) is 19.4. The van der Waals surface area contributed by atoms with E-state index in [1.807, 2.05) is 49.6 Å². The first-order valence-corrected chi connectivity index (χ1v) is 19.4. The second-order valence-corrected chi connectivity index (χ2v) is 13.0. The van der Waals surface area contributed by atoms with Gasteiger partial charge in [0, 0.05) is 36.4 Å². The number of hydrogen-bond donors (Lipinski definition) is 0. The van der Waals surface area contributed by atoms with Gasteiger partial charge in [0.2, 0.25) is 0 Å². The Labute approximate surface area is 335 Å². The van der Waals surface area contributed by atoms with Gasteiger partial charge in [0.25, 0.3) is 0 Å². The van der Waals surface area contributed by atoms with E-state index in [1.165, 1.54) is 27.9 Å². The molecule has 0 bridgehead atoms. The highest BCUT2D eigenvalue weighted by atomic mass is 15.1.